The molecule has 0 saturated heterocycles. The molecule has 23 heavy (non-hydrogen) atoms. The molecule has 122 valence electrons. The zero-order chi connectivity index (χ0) is 17.1. The highest BCUT2D eigenvalue weighted by Gasteiger charge is 2.15. The molecule has 0 aliphatic rings. The molecule has 4 N–H and O–H groups in total. The molecule has 0 fully saturated rings. The Bertz CT molecular complexity index is 774. The van der Waals surface area contributed by atoms with Crippen molar-refractivity contribution in [3.8, 4) is 0 Å². The van der Waals surface area contributed by atoms with Gasteiger partial charge in [-0.15, -0.1) is 0 Å². The van der Waals surface area contributed by atoms with E-state index >= 15 is 0 Å². The number of aryl methyl sites for hydroxylation is 2. The molecule has 0 bridgehead atoms. The number of primary amides is 1. The molecule has 2 aromatic heterocycles. The number of hydrogen-bond donors (Lipinski definition) is 3. The molecule has 2 heterocycles. The number of anilines is 2. The van der Waals surface area contributed by atoms with Crippen molar-refractivity contribution in [1.82, 2.24) is 9.13 Å². The van der Waals surface area contributed by atoms with Gasteiger partial charge in [-0.1, -0.05) is 0 Å². The van der Waals surface area contributed by atoms with Gasteiger partial charge in [0.1, 0.15) is 11.4 Å². The summed E-state index contributed by atoms with van der Waals surface area (Å²) in [7, 11) is 4.56. The third-order valence-electron chi connectivity index (χ3n) is 3.18. The van der Waals surface area contributed by atoms with Crippen LogP contribution in [0.4, 0.5) is 16.2 Å². The monoisotopic (exact) mass is 319 g/mol. The molecule has 2 rings (SSSR count). The fraction of sp³-hybridized carbons (Fsp3) is 0.214. The minimum atomic E-state index is -0.628. The van der Waals surface area contributed by atoms with Crippen molar-refractivity contribution in [3.63, 3.8) is 0 Å². The van der Waals surface area contributed by atoms with Crippen molar-refractivity contribution >= 4 is 29.3 Å². The minimum absolute atomic E-state index is 0.278. The van der Waals surface area contributed by atoms with E-state index in [4.69, 9.17) is 5.73 Å². The van der Waals surface area contributed by atoms with Gasteiger partial charge in [0.15, 0.2) is 0 Å². The SMILES string of the molecule is COC(=O)Nc1cc(C(=O)Nc2cc(C(N)=O)n(C)c2)n(C)c1. The van der Waals surface area contributed by atoms with Gasteiger partial charge < -0.3 is 24.9 Å². The Labute approximate surface area is 132 Å². The number of hydrogen-bond acceptors (Lipinski definition) is 4. The van der Waals surface area contributed by atoms with E-state index < -0.39 is 17.9 Å². The Morgan fingerprint density at radius 3 is 2.04 bits per heavy atom. The van der Waals surface area contributed by atoms with Crippen molar-refractivity contribution in [3.05, 3.63) is 35.9 Å². The minimum Gasteiger partial charge on any atom is -0.453 e. The van der Waals surface area contributed by atoms with Gasteiger partial charge in [-0.25, -0.2) is 4.79 Å². The Morgan fingerprint density at radius 1 is 1.00 bits per heavy atom. The number of amides is 3. The van der Waals surface area contributed by atoms with Gasteiger partial charge in [0.2, 0.25) is 0 Å². The molecule has 0 unspecified atom stereocenters. The van der Waals surface area contributed by atoms with Gasteiger partial charge in [0.05, 0.1) is 18.5 Å². The van der Waals surface area contributed by atoms with Gasteiger partial charge in [-0.05, 0) is 12.1 Å². The molecule has 0 saturated carbocycles. The van der Waals surface area contributed by atoms with Crippen LogP contribution in [0.1, 0.15) is 21.0 Å². The molecular weight excluding hydrogens is 302 g/mol. The maximum Gasteiger partial charge on any atom is 0.411 e. The van der Waals surface area contributed by atoms with Crippen LogP contribution in [0.3, 0.4) is 0 Å². The fourth-order valence-corrected chi connectivity index (χ4v) is 2.10. The van der Waals surface area contributed by atoms with Crippen LogP contribution in [-0.2, 0) is 18.8 Å². The summed E-state index contributed by atoms with van der Waals surface area (Å²) in [5, 5.41) is 5.14. The lowest BCUT2D eigenvalue weighted by Gasteiger charge is -2.03. The van der Waals surface area contributed by atoms with Gasteiger partial charge in [0, 0.05) is 26.5 Å². The van der Waals surface area contributed by atoms with E-state index in [-0.39, 0.29) is 5.69 Å². The Hall–Kier alpha value is -3.23. The Balaban J connectivity index is 2.16. The number of ether oxygens (including phenoxy) is 1. The maximum absolute atomic E-state index is 12.3. The zero-order valence-corrected chi connectivity index (χ0v) is 12.9. The number of nitrogens with zero attached hydrogens (tertiary/aromatic N) is 2. The molecule has 2 aromatic rings. The summed E-state index contributed by atoms with van der Waals surface area (Å²) in [6.45, 7) is 0. The summed E-state index contributed by atoms with van der Waals surface area (Å²) < 4.78 is 7.57. The summed E-state index contributed by atoms with van der Waals surface area (Å²) in [5.41, 5.74) is 6.69. The predicted molar refractivity (Wildman–Crippen MR) is 83.3 cm³/mol. The molecule has 0 aromatic carbocycles. The molecule has 9 heteroatoms. The van der Waals surface area contributed by atoms with Crippen molar-refractivity contribution in [1.29, 1.82) is 0 Å². The maximum atomic E-state index is 12.3. The van der Waals surface area contributed by atoms with Crippen molar-refractivity contribution in [2.45, 2.75) is 0 Å². The lowest BCUT2D eigenvalue weighted by molar-refractivity contribution is 0.0989. The summed E-state index contributed by atoms with van der Waals surface area (Å²) in [6, 6.07) is 2.99. The fourth-order valence-electron chi connectivity index (χ4n) is 2.10. The van der Waals surface area contributed by atoms with Crippen molar-refractivity contribution < 1.29 is 19.1 Å². The second kappa shape index (κ2) is 6.26. The first-order valence-corrected chi connectivity index (χ1v) is 6.60. The molecule has 9 nitrogen and oxygen atoms in total. The lowest BCUT2D eigenvalue weighted by Crippen LogP contribution is -2.15. The molecule has 0 aliphatic carbocycles. The van der Waals surface area contributed by atoms with E-state index in [2.05, 4.69) is 15.4 Å². The third kappa shape index (κ3) is 3.51. The highest BCUT2D eigenvalue weighted by molar-refractivity contribution is 6.05. The lowest BCUT2D eigenvalue weighted by atomic mass is 10.3. The first-order chi connectivity index (χ1) is 10.8. The summed E-state index contributed by atoms with van der Waals surface area (Å²) in [5.74, 6) is -0.983. The van der Waals surface area contributed by atoms with E-state index in [1.807, 2.05) is 0 Å². The largest absolute Gasteiger partial charge is 0.453 e. The highest BCUT2D eigenvalue weighted by Crippen LogP contribution is 2.17. The van der Waals surface area contributed by atoms with E-state index in [9.17, 15) is 14.4 Å². The normalized spacial score (nSPS) is 10.2. The zero-order valence-electron chi connectivity index (χ0n) is 12.9. The van der Waals surface area contributed by atoms with Gasteiger partial charge >= 0.3 is 6.09 Å². The van der Waals surface area contributed by atoms with Gasteiger partial charge in [-0.3, -0.25) is 14.9 Å². The number of carbonyl (C=O) groups excluding carboxylic acids is 3. The summed E-state index contributed by atoms with van der Waals surface area (Å²) in [4.78, 5) is 34.7. The van der Waals surface area contributed by atoms with Gasteiger partial charge in [-0.2, -0.15) is 0 Å². The third-order valence-corrected chi connectivity index (χ3v) is 3.18. The van der Waals surface area contributed by atoms with Crippen LogP contribution < -0.4 is 16.4 Å². The van der Waals surface area contributed by atoms with Crippen LogP contribution in [0.2, 0.25) is 0 Å². The highest BCUT2D eigenvalue weighted by atomic mass is 16.5. The standard InChI is InChI=1S/C14H17N5O4/c1-18-6-8(4-10(18)12(15)20)16-13(21)11-5-9(7-19(11)2)17-14(22)23-3/h4-7H,1-3H3,(H2,15,20)(H,16,21)(H,17,22). The number of methoxy groups -OCH3 is 1. The van der Waals surface area contributed by atoms with E-state index in [0.29, 0.717) is 17.1 Å². The van der Waals surface area contributed by atoms with Crippen LogP contribution in [0.5, 0.6) is 0 Å². The molecule has 0 aliphatic heterocycles. The second-order valence-corrected chi connectivity index (χ2v) is 4.88. The smallest absolute Gasteiger partial charge is 0.411 e. The van der Waals surface area contributed by atoms with Gasteiger partial charge in [0.25, 0.3) is 11.8 Å². The second-order valence-electron chi connectivity index (χ2n) is 4.88. The number of carbonyl (C=O) groups is 3. The Morgan fingerprint density at radius 2 is 1.52 bits per heavy atom. The average Bonchev–Trinajstić information content (AvgIpc) is 3.01. The van der Waals surface area contributed by atoms with E-state index in [1.165, 1.54) is 23.8 Å². The van der Waals surface area contributed by atoms with Crippen LogP contribution in [0, 0.1) is 0 Å². The molecule has 0 spiro atoms. The average molecular weight is 319 g/mol. The summed E-state index contributed by atoms with van der Waals surface area (Å²) >= 11 is 0. The molecule has 3 amide bonds. The van der Waals surface area contributed by atoms with Crippen LogP contribution in [0.15, 0.2) is 24.5 Å². The predicted octanol–water partition coefficient (Wildman–Crippen LogP) is 0.893. The van der Waals surface area contributed by atoms with Crippen molar-refractivity contribution in [2.75, 3.05) is 17.7 Å². The van der Waals surface area contributed by atoms with E-state index in [1.54, 1.807) is 31.1 Å². The number of aromatic nitrogens is 2. The first kappa shape index (κ1) is 16.1. The Kier molecular flexibility index (Phi) is 4.39. The van der Waals surface area contributed by atoms with Crippen molar-refractivity contribution in [2.24, 2.45) is 19.8 Å². The molecule has 0 radical (unpaired) electrons. The van der Waals surface area contributed by atoms with Crippen LogP contribution in [-0.4, -0.2) is 34.2 Å². The quantitative estimate of drug-likeness (QED) is 0.775. The van der Waals surface area contributed by atoms with Crippen LogP contribution in [0.25, 0.3) is 0 Å². The first-order valence-electron chi connectivity index (χ1n) is 6.60. The molecular formula is C14H17N5O4. The number of nitrogens with one attached hydrogen (secondary N) is 2. The topological polar surface area (TPSA) is 120 Å². The van der Waals surface area contributed by atoms with E-state index in [0.717, 1.165) is 0 Å². The molecule has 0 atom stereocenters. The number of nitrogens with two attached hydrogens (primary N) is 1. The summed E-state index contributed by atoms with van der Waals surface area (Å²) in [6.07, 6.45) is 2.52. The number of rotatable bonds is 4. The van der Waals surface area contributed by atoms with Crippen LogP contribution >= 0.6 is 0 Å².